The number of unbranched alkanes of at least 4 members (excludes halogenated alkanes) is 1. The molecule has 0 bridgehead atoms. The maximum atomic E-state index is 13.8. The first-order valence-electron chi connectivity index (χ1n) is 9.66. The Kier molecular flexibility index (Phi) is 5.83. The molecule has 0 spiro atoms. The lowest BCUT2D eigenvalue weighted by Crippen LogP contribution is -2.57. The molecule has 3 rings (SSSR count). The van der Waals surface area contributed by atoms with Crippen molar-refractivity contribution in [2.45, 2.75) is 76.4 Å². The highest BCUT2D eigenvalue weighted by atomic mass is 32.2. The Labute approximate surface area is 151 Å². The SMILES string of the molecule is C[C@@H]1CN(C2=CSC3CC(F)CCC23C)C[C@H](C)N1CCCCN. The average molecular weight is 356 g/mol. The molecule has 2 N–H and O–H groups in total. The largest absolute Gasteiger partial charge is 0.371 e. The van der Waals surface area contributed by atoms with Gasteiger partial charge in [-0.25, -0.2) is 4.39 Å². The van der Waals surface area contributed by atoms with E-state index in [-0.39, 0.29) is 5.41 Å². The van der Waals surface area contributed by atoms with Crippen LogP contribution in [-0.2, 0) is 0 Å². The lowest BCUT2D eigenvalue weighted by molar-refractivity contribution is 0.0368. The maximum Gasteiger partial charge on any atom is 0.101 e. The number of halogens is 1. The summed E-state index contributed by atoms with van der Waals surface area (Å²) in [6.45, 7) is 11.2. The van der Waals surface area contributed by atoms with Gasteiger partial charge in [0.05, 0.1) is 0 Å². The predicted molar refractivity (Wildman–Crippen MR) is 102 cm³/mol. The molecular weight excluding hydrogens is 321 g/mol. The van der Waals surface area contributed by atoms with Crippen LogP contribution in [0.1, 0.15) is 52.9 Å². The van der Waals surface area contributed by atoms with Crippen molar-refractivity contribution in [3.05, 3.63) is 11.1 Å². The normalized spacial score (nSPS) is 40.5. The van der Waals surface area contributed by atoms with Gasteiger partial charge >= 0.3 is 0 Å². The molecule has 5 atom stereocenters. The first-order valence-corrected chi connectivity index (χ1v) is 10.6. The van der Waals surface area contributed by atoms with Crippen molar-refractivity contribution >= 4 is 11.8 Å². The van der Waals surface area contributed by atoms with Crippen molar-refractivity contribution in [3.63, 3.8) is 0 Å². The number of alkyl halides is 1. The standard InChI is InChI=1S/C19H34FN3S/c1-14-11-22(12-15(2)23(14)9-5-4-8-21)17-13-24-18-10-16(20)6-7-19(17,18)3/h13-16,18H,4-12,21H2,1-3H3/t14-,15+,16?,18?,19?. The van der Waals surface area contributed by atoms with Crippen LogP contribution in [0.4, 0.5) is 4.39 Å². The molecule has 3 nitrogen and oxygen atoms in total. The molecule has 3 unspecified atom stereocenters. The molecule has 138 valence electrons. The van der Waals surface area contributed by atoms with Crippen molar-refractivity contribution in [1.29, 1.82) is 0 Å². The molecule has 2 fully saturated rings. The van der Waals surface area contributed by atoms with Crippen LogP contribution in [0.3, 0.4) is 0 Å². The summed E-state index contributed by atoms with van der Waals surface area (Å²) in [5, 5.41) is 2.79. The molecule has 0 aromatic rings. The zero-order valence-corrected chi connectivity index (χ0v) is 16.3. The number of nitrogens with zero attached hydrogens (tertiary/aromatic N) is 2. The van der Waals surface area contributed by atoms with E-state index in [1.807, 2.05) is 11.8 Å². The smallest absolute Gasteiger partial charge is 0.101 e. The third-order valence-corrected chi connectivity index (χ3v) is 7.80. The molecule has 1 saturated carbocycles. The zero-order chi connectivity index (χ0) is 17.3. The monoisotopic (exact) mass is 355 g/mol. The van der Waals surface area contributed by atoms with Crippen molar-refractivity contribution < 1.29 is 4.39 Å². The van der Waals surface area contributed by atoms with Crippen molar-refractivity contribution in [2.24, 2.45) is 11.1 Å². The van der Waals surface area contributed by atoms with E-state index in [0.29, 0.717) is 17.3 Å². The Hall–Kier alpha value is -0.260. The fourth-order valence-corrected chi connectivity index (χ4v) is 6.45. The zero-order valence-electron chi connectivity index (χ0n) is 15.5. The lowest BCUT2D eigenvalue weighted by atomic mass is 9.72. The van der Waals surface area contributed by atoms with E-state index in [4.69, 9.17) is 5.73 Å². The molecule has 24 heavy (non-hydrogen) atoms. The number of nitrogens with two attached hydrogens (primary N) is 1. The Morgan fingerprint density at radius 2 is 2.00 bits per heavy atom. The quantitative estimate of drug-likeness (QED) is 0.764. The highest BCUT2D eigenvalue weighted by molar-refractivity contribution is 8.03. The van der Waals surface area contributed by atoms with E-state index in [1.165, 1.54) is 12.1 Å². The summed E-state index contributed by atoms with van der Waals surface area (Å²) in [6, 6.07) is 1.13. The Balaban J connectivity index is 1.65. The third kappa shape index (κ3) is 3.49. The molecular formula is C19H34FN3S. The van der Waals surface area contributed by atoms with Gasteiger partial charge in [-0.15, -0.1) is 11.8 Å². The number of fused-ring (bicyclic) bond motifs is 1. The van der Waals surface area contributed by atoms with Gasteiger partial charge in [-0.2, -0.15) is 0 Å². The van der Waals surface area contributed by atoms with Gasteiger partial charge in [-0.3, -0.25) is 4.90 Å². The molecule has 0 aromatic carbocycles. The molecule has 1 aliphatic carbocycles. The first kappa shape index (κ1) is 18.5. The summed E-state index contributed by atoms with van der Waals surface area (Å²) >= 11 is 1.88. The minimum atomic E-state index is -0.597. The van der Waals surface area contributed by atoms with Crippen LogP contribution in [0.25, 0.3) is 0 Å². The minimum Gasteiger partial charge on any atom is -0.371 e. The number of thioether (sulfide) groups is 1. The van der Waals surface area contributed by atoms with Gasteiger partial charge in [0.15, 0.2) is 0 Å². The van der Waals surface area contributed by atoms with Crippen molar-refractivity contribution in [2.75, 3.05) is 26.2 Å². The minimum absolute atomic E-state index is 0.175. The summed E-state index contributed by atoms with van der Waals surface area (Å²) in [7, 11) is 0. The number of hydrogen-bond donors (Lipinski definition) is 1. The maximum absolute atomic E-state index is 13.8. The van der Waals surface area contributed by atoms with Gasteiger partial charge < -0.3 is 10.6 Å². The highest BCUT2D eigenvalue weighted by Gasteiger charge is 2.49. The van der Waals surface area contributed by atoms with Crippen LogP contribution in [-0.4, -0.2) is 59.5 Å². The molecule has 0 radical (unpaired) electrons. The predicted octanol–water partition coefficient (Wildman–Crippen LogP) is 3.61. The topological polar surface area (TPSA) is 32.5 Å². The van der Waals surface area contributed by atoms with Crippen LogP contribution in [0, 0.1) is 5.41 Å². The fraction of sp³-hybridized carbons (Fsp3) is 0.895. The van der Waals surface area contributed by atoms with E-state index in [0.717, 1.165) is 51.9 Å². The van der Waals surface area contributed by atoms with Crippen LogP contribution < -0.4 is 5.73 Å². The molecule has 5 heteroatoms. The van der Waals surface area contributed by atoms with Crippen molar-refractivity contribution in [3.8, 4) is 0 Å². The van der Waals surface area contributed by atoms with E-state index in [9.17, 15) is 4.39 Å². The van der Waals surface area contributed by atoms with Crippen LogP contribution in [0.5, 0.6) is 0 Å². The Morgan fingerprint density at radius 3 is 2.67 bits per heavy atom. The number of allylic oxidation sites excluding steroid dienone is 1. The Bertz CT molecular complexity index is 460. The van der Waals surface area contributed by atoms with Gasteiger partial charge in [-0.05, 0) is 64.4 Å². The average Bonchev–Trinajstić information content (AvgIpc) is 2.87. The van der Waals surface area contributed by atoms with Gasteiger partial charge in [0.1, 0.15) is 6.17 Å². The Morgan fingerprint density at radius 1 is 1.29 bits per heavy atom. The molecule has 2 heterocycles. The highest BCUT2D eigenvalue weighted by Crippen LogP contribution is 2.55. The second kappa shape index (κ2) is 7.55. The van der Waals surface area contributed by atoms with Crippen molar-refractivity contribution in [1.82, 2.24) is 9.80 Å². The van der Waals surface area contributed by atoms with Gasteiger partial charge in [-0.1, -0.05) is 6.92 Å². The third-order valence-electron chi connectivity index (χ3n) is 6.40. The molecule has 2 aliphatic heterocycles. The van der Waals surface area contributed by atoms with Crippen LogP contribution in [0.2, 0.25) is 0 Å². The van der Waals surface area contributed by atoms with Crippen LogP contribution in [0.15, 0.2) is 11.1 Å². The summed E-state index contributed by atoms with van der Waals surface area (Å²) in [5.74, 6) is 0. The summed E-state index contributed by atoms with van der Waals surface area (Å²) in [5.41, 5.74) is 7.31. The molecule has 1 saturated heterocycles. The van der Waals surface area contributed by atoms with Gasteiger partial charge in [0.2, 0.25) is 0 Å². The second-order valence-electron chi connectivity index (χ2n) is 8.25. The fourth-order valence-electron chi connectivity index (χ4n) is 4.88. The van der Waals surface area contributed by atoms with E-state index < -0.39 is 6.17 Å². The van der Waals surface area contributed by atoms with Gasteiger partial charge in [0.25, 0.3) is 0 Å². The number of piperazine rings is 1. The summed E-state index contributed by atoms with van der Waals surface area (Å²) in [6.07, 6.45) is 4.17. The van der Waals surface area contributed by atoms with Crippen LogP contribution >= 0.6 is 11.8 Å². The second-order valence-corrected chi connectivity index (χ2v) is 9.33. The van der Waals surface area contributed by atoms with Gasteiger partial charge in [0, 0.05) is 41.5 Å². The summed E-state index contributed by atoms with van der Waals surface area (Å²) in [4.78, 5) is 5.26. The number of hydrogen-bond acceptors (Lipinski definition) is 4. The molecule has 0 aromatic heterocycles. The first-order chi connectivity index (χ1) is 11.5. The van der Waals surface area contributed by atoms with E-state index >= 15 is 0 Å². The van der Waals surface area contributed by atoms with E-state index in [1.54, 1.807) is 0 Å². The molecule has 0 amide bonds. The van der Waals surface area contributed by atoms with E-state index in [2.05, 4.69) is 36.0 Å². The summed E-state index contributed by atoms with van der Waals surface area (Å²) < 4.78 is 13.8. The number of rotatable bonds is 5. The molecule has 3 aliphatic rings. The lowest BCUT2D eigenvalue weighted by Gasteiger charge is -2.50.